The van der Waals surface area contributed by atoms with Crippen molar-refractivity contribution in [2.75, 3.05) is 14.1 Å². The minimum Gasteiger partial charge on any atom is -0.383 e. The number of nitrogens with zero attached hydrogens (tertiary/aromatic N) is 3. The fraction of sp³-hybridized carbons (Fsp3) is 0.200. The van der Waals surface area contributed by atoms with E-state index in [-0.39, 0.29) is 16.9 Å². The van der Waals surface area contributed by atoms with Crippen molar-refractivity contribution < 1.29 is 9.85 Å². The summed E-state index contributed by atoms with van der Waals surface area (Å²) in [5, 5.41) is 21.6. The first-order valence-corrected chi connectivity index (χ1v) is 4.70. The molecule has 0 unspecified atom stereocenters. The van der Waals surface area contributed by atoms with Crippen molar-refractivity contribution >= 4 is 17.5 Å². The van der Waals surface area contributed by atoms with Gasteiger partial charge in [0.05, 0.1) is 9.85 Å². The van der Waals surface area contributed by atoms with Crippen LogP contribution >= 0.6 is 0 Å². The zero-order valence-corrected chi connectivity index (χ0v) is 9.36. The quantitative estimate of drug-likeness (QED) is 0.590. The summed E-state index contributed by atoms with van der Waals surface area (Å²) in [5.74, 6) is 0. The molecule has 0 atom stereocenters. The van der Waals surface area contributed by atoms with E-state index in [1.54, 1.807) is 19.0 Å². The lowest BCUT2D eigenvalue weighted by Gasteiger charge is -2.04. The molecule has 17 heavy (non-hydrogen) atoms. The fourth-order valence-corrected chi connectivity index (χ4v) is 1.25. The van der Waals surface area contributed by atoms with Crippen LogP contribution in [0.25, 0.3) is 6.08 Å². The van der Waals surface area contributed by atoms with Crippen LogP contribution in [0.15, 0.2) is 24.4 Å². The lowest BCUT2D eigenvalue weighted by molar-refractivity contribution is -0.394. The number of hydrogen-bond donors (Lipinski definition) is 0. The summed E-state index contributed by atoms with van der Waals surface area (Å²) in [7, 11) is 3.44. The molecule has 7 nitrogen and oxygen atoms in total. The Bertz CT molecular complexity index is 450. The van der Waals surface area contributed by atoms with Crippen LogP contribution in [0.4, 0.5) is 11.4 Å². The first-order chi connectivity index (χ1) is 7.93. The average Bonchev–Trinajstić information content (AvgIpc) is 2.25. The lowest BCUT2D eigenvalue weighted by atomic mass is 10.1. The molecule has 0 saturated heterocycles. The van der Waals surface area contributed by atoms with Gasteiger partial charge in [-0.25, -0.2) is 0 Å². The van der Waals surface area contributed by atoms with Gasteiger partial charge in [0.2, 0.25) is 0 Å². The first-order valence-electron chi connectivity index (χ1n) is 4.70. The van der Waals surface area contributed by atoms with Gasteiger partial charge >= 0.3 is 0 Å². The monoisotopic (exact) mass is 237 g/mol. The summed E-state index contributed by atoms with van der Waals surface area (Å²) in [4.78, 5) is 21.9. The molecule has 0 aliphatic heterocycles. The largest absolute Gasteiger partial charge is 0.383 e. The van der Waals surface area contributed by atoms with E-state index < -0.39 is 9.85 Å². The van der Waals surface area contributed by atoms with Crippen molar-refractivity contribution in [3.8, 4) is 0 Å². The Hall–Kier alpha value is -2.44. The van der Waals surface area contributed by atoms with E-state index in [0.29, 0.717) is 0 Å². The summed E-state index contributed by atoms with van der Waals surface area (Å²) in [6, 6.07) is 3.77. The molecular formula is C10H11N3O4. The van der Waals surface area contributed by atoms with Crippen LogP contribution in [-0.4, -0.2) is 28.8 Å². The predicted octanol–water partition coefficient (Wildman–Crippen LogP) is 2.04. The van der Waals surface area contributed by atoms with Gasteiger partial charge in [-0.15, -0.1) is 0 Å². The van der Waals surface area contributed by atoms with Gasteiger partial charge in [0, 0.05) is 26.2 Å². The Morgan fingerprint density at radius 3 is 1.94 bits per heavy atom. The van der Waals surface area contributed by atoms with Crippen LogP contribution in [0.5, 0.6) is 0 Å². The molecule has 1 rings (SSSR count). The molecule has 0 bridgehead atoms. The van der Waals surface area contributed by atoms with Crippen LogP contribution in [0.3, 0.4) is 0 Å². The normalized spacial score (nSPS) is 10.5. The second kappa shape index (κ2) is 5.06. The highest BCUT2D eigenvalue weighted by Gasteiger charge is 2.22. The molecule has 0 saturated carbocycles. The third kappa shape index (κ3) is 3.00. The molecule has 0 aliphatic rings. The third-order valence-corrected chi connectivity index (χ3v) is 1.99. The predicted molar refractivity (Wildman–Crippen MR) is 62.5 cm³/mol. The number of nitro groups is 2. The molecule has 0 aliphatic carbocycles. The van der Waals surface area contributed by atoms with Crippen LogP contribution in [0.2, 0.25) is 0 Å². The minimum atomic E-state index is -0.637. The molecule has 0 aromatic heterocycles. The van der Waals surface area contributed by atoms with Crippen molar-refractivity contribution in [3.63, 3.8) is 0 Å². The Morgan fingerprint density at radius 1 is 1.12 bits per heavy atom. The van der Waals surface area contributed by atoms with E-state index in [9.17, 15) is 20.2 Å². The van der Waals surface area contributed by atoms with Crippen molar-refractivity contribution in [3.05, 3.63) is 50.2 Å². The van der Waals surface area contributed by atoms with Gasteiger partial charge in [-0.1, -0.05) is 0 Å². The second-order valence-electron chi connectivity index (χ2n) is 3.50. The van der Waals surface area contributed by atoms with Crippen molar-refractivity contribution in [1.29, 1.82) is 0 Å². The Kier molecular flexibility index (Phi) is 3.76. The average molecular weight is 237 g/mol. The number of nitro benzene ring substituents is 2. The first kappa shape index (κ1) is 12.6. The minimum absolute atomic E-state index is 0.00352. The zero-order chi connectivity index (χ0) is 13.0. The van der Waals surface area contributed by atoms with Crippen LogP contribution < -0.4 is 0 Å². The molecule has 1 aromatic carbocycles. The number of hydrogen-bond acceptors (Lipinski definition) is 5. The molecule has 1 aromatic rings. The topological polar surface area (TPSA) is 89.5 Å². The molecule has 0 fully saturated rings. The highest BCUT2D eigenvalue weighted by Crippen LogP contribution is 2.29. The molecule has 0 spiro atoms. The molecular weight excluding hydrogens is 226 g/mol. The number of rotatable bonds is 4. The fourth-order valence-electron chi connectivity index (χ4n) is 1.25. The van der Waals surface area contributed by atoms with Gasteiger partial charge in [-0.2, -0.15) is 0 Å². The Morgan fingerprint density at radius 2 is 1.59 bits per heavy atom. The maximum Gasteiger partial charge on any atom is 0.283 e. The van der Waals surface area contributed by atoms with E-state index >= 15 is 0 Å². The summed E-state index contributed by atoms with van der Waals surface area (Å²) >= 11 is 0. The number of benzene rings is 1. The van der Waals surface area contributed by atoms with Crippen LogP contribution in [0, 0.1) is 20.2 Å². The van der Waals surface area contributed by atoms with Crippen LogP contribution in [0.1, 0.15) is 5.56 Å². The van der Waals surface area contributed by atoms with E-state index in [0.717, 1.165) is 0 Å². The SMILES string of the molecule is CN(C)C=Cc1c([N+](=O)[O-])cccc1[N+](=O)[O-]. The van der Waals surface area contributed by atoms with Gasteiger partial charge in [0.25, 0.3) is 11.4 Å². The Labute approximate surface area is 97.3 Å². The highest BCUT2D eigenvalue weighted by atomic mass is 16.6. The summed E-state index contributed by atoms with van der Waals surface area (Å²) in [6.07, 6.45) is 2.88. The second-order valence-corrected chi connectivity index (χ2v) is 3.50. The van der Waals surface area contributed by atoms with Gasteiger partial charge in [-0.3, -0.25) is 20.2 Å². The van der Waals surface area contributed by atoms with Gasteiger partial charge in [-0.05, 0) is 18.3 Å². The van der Waals surface area contributed by atoms with Crippen molar-refractivity contribution in [2.24, 2.45) is 0 Å². The maximum absolute atomic E-state index is 10.8. The van der Waals surface area contributed by atoms with Crippen LogP contribution in [-0.2, 0) is 0 Å². The zero-order valence-electron chi connectivity index (χ0n) is 9.36. The van der Waals surface area contributed by atoms with E-state index in [4.69, 9.17) is 0 Å². The van der Waals surface area contributed by atoms with Gasteiger partial charge in [0.1, 0.15) is 5.56 Å². The lowest BCUT2D eigenvalue weighted by Crippen LogP contribution is -2.01. The third-order valence-electron chi connectivity index (χ3n) is 1.99. The molecule has 0 N–H and O–H groups in total. The van der Waals surface area contributed by atoms with Crippen molar-refractivity contribution in [1.82, 2.24) is 4.90 Å². The summed E-state index contributed by atoms with van der Waals surface area (Å²) in [5.41, 5.74) is -0.564. The molecule has 90 valence electrons. The highest BCUT2D eigenvalue weighted by molar-refractivity contribution is 5.70. The standard InChI is InChI=1S/C10H11N3O4/c1-11(2)7-6-8-9(12(14)15)4-3-5-10(8)13(16)17/h3-7H,1-2H3. The maximum atomic E-state index is 10.8. The van der Waals surface area contributed by atoms with E-state index in [1.165, 1.54) is 30.5 Å². The molecule has 7 heteroatoms. The molecule has 0 amide bonds. The van der Waals surface area contributed by atoms with Gasteiger partial charge < -0.3 is 4.90 Å². The van der Waals surface area contributed by atoms with E-state index in [1.807, 2.05) is 0 Å². The van der Waals surface area contributed by atoms with Crippen molar-refractivity contribution in [2.45, 2.75) is 0 Å². The Balaban J connectivity index is 3.38. The molecule has 0 radical (unpaired) electrons. The summed E-state index contributed by atoms with van der Waals surface area (Å²) in [6.45, 7) is 0. The van der Waals surface area contributed by atoms with Gasteiger partial charge in [0.15, 0.2) is 0 Å². The molecule has 0 heterocycles. The summed E-state index contributed by atoms with van der Waals surface area (Å²) < 4.78 is 0. The van der Waals surface area contributed by atoms with E-state index in [2.05, 4.69) is 0 Å². The smallest absolute Gasteiger partial charge is 0.283 e.